The predicted molar refractivity (Wildman–Crippen MR) is 31.0 cm³/mol. The summed E-state index contributed by atoms with van der Waals surface area (Å²) in [5.74, 6) is -2.50. The lowest BCUT2D eigenvalue weighted by atomic mass is 9.89. The van der Waals surface area contributed by atoms with E-state index in [0.717, 1.165) is 0 Å². The van der Waals surface area contributed by atoms with Crippen molar-refractivity contribution in [2.24, 2.45) is 5.92 Å². The van der Waals surface area contributed by atoms with Crippen molar-refractivity contribution >= 4 is 0 Å². The Kier molecular flexibility index (Phi) is 1.22. The van der Waals surface area contributed by atoms with E-state index in [1.807, 2.05) is 0 Å². The molecule has 2 nitrogen and oxygen atoms in total. The molecule has 4 heteroatoms. The minimum absolute atomic E-state index is 0.0451. The third-order valence-corrected chi connectivity index (χ3v) is 2.11. The van der Waals surface area contributed by atoms with Crippen LogP contribution >= 0.6 is 0 Å². The molecule has 2 heterocycles. The van der Waals surface area contributed by atoms with E-state index in [4.69, 9.17) is 4.74 Å². The van der Waals surface area contributed by atoms with Crippen LogP contribution in [0.4, 0.5) is 8.78 Å². The van der Waals surface area contributed by atoms with E-state index in [1.165, 1.54) is 0 Å². The number of hydrogen-bond donors (Lipinski definition) is 1. The lowest BCUT2D eigenvalue weighted by molar-refractivity contribution is -0.284. The maximum atomic E-state index is 12.5. The van der Waals surface area contributed by atoms with E-state index in [1.54, 1.807) is 0 Å². The van der Waals surface area contributed by atoms with E-state index < -0.39 is 12.0 Å². The fourth-order valence-corrected chi connectivity index (χ4v) is 1.31. The molecule has 2 fully saturated rings. The molecule has 1 N–H and O–H groups in total. The zero-order chi connectivity index (χ0) is 7.19. The maximum absolute atomic E-state index is 12.5. The first-order chi connectivity index (χ1) is 4.70. The van der Waals surface area contributed by atoms with Gasteiger partial charge in [-0.2, -0.15) is 0 Å². The van der Waals surface area contributed by atoms with E-state index in [2.05, 4.69) is 5.32 Å². The minimum Gasteiger partial charge on any atom is -0.365 e. The van der Waals surface area contributed by atoms with Gasteiger partial charge in [-0.3, -0.25) is 0 Å². The molecule has 2 aliphatic rings. The van der Waals surface area contributed by atoms with Crippen molar-refractivity contribution < 1.29 is 13.5 Å². The second kappa shape index (κ2) is 1.89. The monoisotopic (exact) mass is 149 g/mol. The molecule has 0 aromatic carbocycles. The third kappa shape index (κ3) is 0.754. The molecule has 1 atom stereocenters. The minimum atomic E-state index is -2.55. The summed E-state index contributed by atoms with van der Waals surface area (Å²) in [7, 11) is 0. The molecule has 2 saturated heterocycles. The highest BCUT2D eigenvalue weighted by molar-refractivity contribution is 4.96. The molecule has 0 aliphatic carbocycles. The van der Waals surface area contributed by atoms with Gasteiger partial charge in [-0.05, 0) is 0 Å². The van der Waals surface area contributed by atoms with Gasteiger partial charge in [0.1, 0.15) is 12.7 Å². The van der Waals surface area contributed by atoms with Crippen molar-refractivity contribution in [1.29, 1.82) is 0 Å². The van der Waals surface area contributed by atoms with Crippen LogP contribution in [0.1, 0.15) is 0 Å². The van der Waals surface area contributed by atoms with Crippen LogP contribution < -0.4 is 5.32 Å². The Morgan fingerprint density at radius 3 is 2.20 bits per heavy atom. The summed E-state index contributed by atoms with van der Waals surface area (Å²) in [5.41, 5.74) is 0. The summed E-state index contributed by atoms with van der Waals surface area (Å²) >= 11 is 0. The van der Waals surface area contributed by atoms with Crippen LogP contribution in [0.25, 0.3) is 0 Å². The molecule has 1 unspecified atom stereocenters. The first kappa shape index (κ1) is 6.49. The van der Waals surface area contributed by atoms with Crippen molar-refractivity contribution in [2.75, 3.05) is 19.7 Å². The predicted octanol–water partition coefficient (Wildman–Crippen LogP) is 0.240. The van der Waals surface area contributed by atoms with Gasteiger partial charge in [0, 0.05) is 19.0 Å². The average molecular weight is 149 g/mol. The summed E-state index contributed by atoms with van der Waals surface area (Å²) in [5, 5.41) is 2.93. The standard InChI is InChI=1S/C6H9F2NO/c7-6(8)3-10-5(6)4-1-9-2-4/h4-5,9H,1-3H2. The number of halogens is 2. The van der Waals surface area contributed by atoms with Crippen LogP contribution in [0.5, 0.6) is 0 Å². The van der Waals surface area contributed by atoms with Crippen LogP contribution in [-0.2, 0) is 4.74 Å². The second-order valence-corrected chi connectivity index (χ2v) is 2.91. The van der Waals surface area contributed by atoms with E-state index >= 15 is 0 Å². The Hall–Kier alpha value is -0.220. The summed E-state index contributed by atoms with van der Waals surface area (Å²) in [6.45, 7) is 0.981. The second-order valence-electron chi connectivity index (χ2n) is 2.91. The molecule has 2 rings (SSSR count). The van der Waals surface area contributed by atoms with E-state index in [9.17, 15) is 8.78 Å². The fraction of sp³-hybridized carbons (Fsp3) is 1.00. The lowest BCUT2D eigenvalue weighted by Crippen LogP contribution is -2.63. The fourth-order valence-electron chi connectivity index (χ4n) is 1.31. The number of alkyl halides is 2. The molecule has 0 aromatic rings. The first-order valence-corrected chi connectivity index (χ1v) is 3.40. The van der Waals surface area contributed by atoms with Crippen molar-refractivity contribution in [1.82, 2.24) is 5.32 Å². The van der Waals surface area contributed by atoms with Gasteiger partial charge in [-0.25, -0.2) is 8.78 Å². The molecule has 0 saturated carbocycles. The van der Waals surface area contributed by atoms with Gasteiger partial charge in [0.2, 0.25) is 0 Å². The molecule has 2 aliphatic heterocycles. The molecule has 0 bridgehead atoms. The van der Waals surface area contributed by atoms with E-state index in [-0.39, 0.29) is 12.5 Å². The number of hydrogen-bond acceptors (Lipinski definition) is 2. The Balaban J connectivity index is 1.93. The zero-order valence-corrected chi connectivity index (χ0v) is 5.44. The highest BCUT2D eigenvalue weighted by Crippen LogP contribution is 2.37. The van der Waals surface area contributed by atoms with E-state index in [0.29, 0.717) is 13.1 Å². The number of ether oxygens (including phenoxy) is 1. The van der Waals surface area contributed by atoms with Gasteiger partial charge >= 0.3 is 0 Å². The maximum Gasteiger partial charge on any atom is 0.296 e. The summed E-state index contributed by atoms with van der Waals surface area (Å²) in [6, 6.07) is 0. The molecule has 10 heavy (non-hydrogen) atoms. The molecule has 0 radical (unpaired) electrons. The van der Waals surface area contributed by atoms with Gasteiger partial charge in [-0.1, -0.05) is 0 Å². The van der Waals surface area contributed by atoms with Crippen LogP contribution in [0.15, 0.2) is 0 Å². The Bertz CT molecular complexity index is 147. The number of rotatable bonds is 1. The van der Waals surface area contributed by atoms with Gasteiger partial charge < -0.3 is 10.1 Å². The molecule has 58 valence electrons. The smallest absolute Gasteiger partial charge is 0.296 e. The van der Waals surface area contributed by atoms with Crippen molar-refractivity contribution in [3.05, 3.63) is 0 Å². The lowest BCUT2D eigenvalue weighted by Gasteiger charge is -2.45. The van der Waals surface area contributed by atoms with Gasteiger partial charge in [0.15, 0.2) is 0 Å². The summed E-state index contributed by atoms with van der Waals surface area (Å²) in [6.07, 6.45) is -0.797. The summed E-state index contributed by atoms with van der Waals surface area (Å²) in [4.78, 5) is 0. The molecule has 0 amide bonds. The highest BCUT2D eigenvalue weighted by atomic mass is 19.3. The highest BCUT2D eigenvalue weighted by Gasteiger charge is 2.54. The van der Waals surface area contributed by atoms with Crippen molar-refractivity contribution in [2.45, 2.75) is 12.0 Å². The topological polar surface area (TPSA) is 21.3 Å². The van der Waals surface area contributed by atoms with Gasteiger partial charge in [-0.15, -0.1) is 0 Å². The SMILES string of the molecule is FC1(F)COC1C1CNC1. The van der Waals surface area contributed by atoms with Crippen molar-refractivity contribution in [3.63, 3.8) is 0 Å². The van der Waals surface area contributed by atoms with Gasteiger partial charge in [0.05, 0.1) is 0 Å². The normalized spacial score (nSPS) is 38.4. The molecular formula is C6H9F2NO. The zero-order valence-electron chi connectivity index (χ0n) is 5.44. The number of nitrogens with one attached hydrogen (secondary N) is 1. The van der Waals surface area contributed by atoms with Crippen LogP contribution in [0.2, 0.25) is 0 Å². The van der Waals surface area contributed by atoms with Crippen LogP contribution in [0.3, 0.4) is 0 Å². The third-order valence-electron chi connectivity index (χ3n) is 2.11. The van der Waals surface area contributed by atoms with Crippen LogP contribution in [0, 0.1) is 5.92 Å². The average Bonchev–Trinajstić information content (AvgIpc) is 1.76. The van der Waals surface area contributed by atoms with Crippen molar-refractivity contribution in [3.8, 4) is 0 Å². The Morgan fingerprint density at radius 2 is 2.10 bits per heavy atom. The van der Waals surface area contributed by atoms with Gasteiger partial charge in [0.25, 0.3) is 5.92 Å². The Morgan fingerprint density at radius 1 is 1.40 bits per heavy atom. The molecule has 0 spiro atoms. The molecular weight excluding hydrogens is 140 g/mol. The largest absolute Gasteiger partial charge is 0.365 e. The quantitative estimate of drug-likeness (QED) is 0.576. The first-order valence-electron chi connectivity index (χ1n) is 3.40. The molecule has 0 aromatic heterocycles. The summed E-state index contributed by atoms with van der Waals surface area (Å²) < 4.78 is 29.8. The Labute approximate surface area is 57.5 Å². The van der Waals surface area contributed by atoms with Crippen LogP contribution in [-0.4, -0.2) is 31.7 Å².